The molecule has 0 saturated carbocycles. The summed E-state index contributed by atoms with van der Waals surface area (Å²) in [6, 6.07) is 4.14. The molecule has 0 atom stereocenters. The summed E-state index contributed by atoms with van der Waals surface area (Å²) in [7, 11) is 0. The highest BCUT2D eigenvalue weighted by molar-refractivity contribution is 6.29. The highest BCUT2D eigenvalue weighted by atomic mass is 19.4. The number of carbonyl (C=O) groups is 4. The number of nitrogens with zero attached hydrogens (tertiary/aromatic N) is 2. The first kappa shape index (κ1) is 25.9. The van der Waals surface area contributed by atoms with E-state index in [9.17, 15) is 45.5 Å². The topological polar surface area (TPSA) is 74.8 Å². The Kier molecular flexibility index (Phi) is 5.89. The Balaban J connectivity index is 2.03. The molecule has 0 spiro atoms. The summed E-state index contributed by atoms with van der Waals surface area (Å²) in [5.41, 5.74) is -8.01. The molecule has 2 heterocycles. The van der Waals surface area contributed by atoms with Crippen molar-refractivity contribution in [2.75, 3.05) is 9.80 Å². The fourth-order valence-corrected chi connectivity index (χ4v) is 4.42. The Morgan fingerprint density at radius 2 is 0.838 bits per heavy atom. The zero-order chi connectivity index (χ0) is 27.5. The van der Waals surface area contributed by atoms with E-state index in [4.69, 9.17) is 0 Å². The van der Waals surface area contributed by atoms with Gasteiger partial charge in [0.2, 0.25) is 5.41 Å². The van der Waals surface area contributed by atoms with Crippen LogP contribution in [-0.4, -0.2) is 36.0 Å². The van der Waals surface area contributed by atoms with Crippen LogP contribution in [-0.2, 0) is 24.6 Å². The largest absolute Gasteiger partial charge is 0.411 e. The lowest BCUT2D eigenvalue weighted by atomic mass is 9.72. The molecule has 2 aromatic carbocycles. The summed E-state index contributed by atoms with van der Waals surface area (Å²) < 4.78 is 88.4. The number of halogens is 6. The van der Waals surface area contributed by atoms with E-state index in [1.54, 1.807) is 0 Å². The van der Waals surface area contributed by atoms with Gasteiger partial charge in [-0.1, -0.05) is 24.3 Å². The van der Waals surface area contributed by atoms with Gasteiger partial charge < -0.3 is 0 Å². The van der Waals surface area contributed by atoms with Gasteiger partial charge >= 0.3 is 12.4 Å². The maximum atomic E-state index is 14.7. The van der Waals surface area contributed by atoms with Crippen LogP contribution in [0, 0.1) is 13.8 Å². The van der Waals surface area contributed by atoms with Crippen molar-refractivity contribution in [1.82, 2.24) is 0 Å². The summed E-state index contributed by atoms with van der Waals surface area (Å²) in [5.74, 6) is -3.70. The van der Waals surface area contributed by atoms with E-state index >= 15 is 0 Å². The number of imide groups is 2. The van der Waals surface area contributed by atoms with Crippen LogP contribution in [0.2, 0.25) is 0 Å². The second-order valence-corrected chi connectivity index (χ2v) is 8.44. The van der Waals surface area contributed by atoms with Gasteiger partial charge in [-0.2, -0.15) is 26.3 Å². The van der Waals surface area contributed by atoms with Gasteiger partial charge in [0.15, 0.2) is 0 Å². The third kappa shape index (κ3) is 3.83. The molecule has 4 rings (SSSR count). The van der Waals surface area contributed by atoms with Gasteiger partial charge in [-0.05, 0) is 48.2 Å². The minimum atomic E-state index is -5.99. The number of hydrogen-bond acceptors (Lipinski definition) is 4. The fraction of sp³-hybridized carbons (Fsp3) is 0.200. The van der Waals surface area contributed by atoms with Crippen molar-refractivity contribution >= 4 is 35.0 Å². The minimum absolute atomic E-state index is 0.0799. The molecule has 12 heteroatoms. The van der Waals surface area contributed by atoms with Gasteiger partial charge in [-0.15, -0.1) is 0 Å². The van der Waals surface area contributed by atoms with E-state index in [-0.39, 0.29) is 11.1 Å². The zero-order valence-electron chi connectivity index (χ0n) is 19.1. The summed E-state index contributed by atoms with van der Waals surface area (Å²) in [6.07, 6.45) is -8.59. The number of aryl methyl sites for hydroxylation is 2. The molecule has 0 N–H and O–H groups in total. The Morgan fingerprint density at radius 3 is 1.11 bits per heavy atom. The van der Waals surface area contributed by atoms with Gasteiger partial charge in [0.1, 0.15) is 0 Å². The average molecular weight is 522 g/mol. The highest BCUT2D eigenvalue weighted by Crippen LogP contribution is 2.57. The van der Waals surface area contributed by atoms with E-state index in [2.05, 4.69) is 0 Å². The smallest absolute Gasteiger partial charge is 0.269 e. The molecule has 4 amide bonds. The molecule has 0 bridgehead atoms. The van der Waals surface area contributed by atoms with Crippen molar-refractivity contribution in [2.45, 2.75) is 31.6 Å². The molecule has 0 aliphatic carbocycles. The van der Waals surface area contributed by atoms with Crippen molar-refractivity contribution in [2.24, 2.45) is 0 Å². The number of amides is 4. The number of alkyl halides is 6. The molecule has 6 nitrogen and oxygen atoms in total. The Morgan fingerprint density at radius 1 is 0.541 bits per heavy atom. The molecule has 37 heavy (non-hydrogen) atoms. The van der Waals surface area contributed by atoms with Crippen molar-refractivity contribution < 1.29 is 45.5 Å². The van der Waals surface area contributed by atoms with E-state index in [1.165, 1.54) is 13.8 Å². The predicted octanol–water partition coefficient (Wildman–Crippen LogP) is 4.57. The maximum absolute atomic E-state index is 14.7. The van der Waals surface area contributed by atoms with Crippen LogP contribution in [0.1, 0.15) is 22.3 Å². The number of hydrogen-bond donors (Lipinski definition) is 0. The van der Waals surface area contributed by atoms with Crippen LogP contribution in [0.5, 0.6) is 0 Å². The Labute approximate surface area is 205 Å². The summed E-state index contributed by atoms with van der Waals surface area (Å²) in [5, 5.41) is 0. The monoisotopic (exact) mass is 522 g/mol. The molecular formula is C25H16F6N2O4. The first-order chi connectivity index (χ1) is 17.1. The van der Waals surface area contributed by atoms with Crippen LogP contribution in [0.25, 0.3) is 0 Å². The standard InChI is InChI=1S/C25H16F6N2O4/c1-13-3-5-15(11-17(13)32-19(34)7-8-20(32)35)23(24(26,27)28,25(29,30)31)16-6-4-14(2)18(12-16)33-21(36)9-10-22(33)37/h3-12H,1-2H3. The second-order valence-electron chi connectivity index (χ2n) is 8.44. The van der Waals surface area contributed by atoms with Crippen molar-refractivity contribution in [3.05, 3.63) is 83.0 Å². The van der Waals surface area contributed by atoms with Crippen molar-refractivity contribution in [3.63, 3.8) is 0 Å². The van der Waals surface area contributed by atoms with E-state index in [0.717, 1.165) is 36.4 Å². The fourth-order valence-electron chi connectivity index (χ4n) is 4.42. The van der Waals surface area contributed by atoms with E-state index in [1.807, 2.05) is 0 Å². The number of carbonyl (C=O) groups excluding carboxylic acids is 4. The molecular weight excluding hydrogens is 506 g/mol. The molecule has 0 saturated heterocycles. The molecule has 2 aliphatic heterocycles. The highest BCUT2D eigenvalue weighted by Gasteiger charge is 2.72. The van der Waals surface area contributed by atoms with Crippen LogP contribution < -0.4 is 9.80 Å². The van der Waals surface area contributed by atoms with Crippen LogP contribution in [0.15, 0.2) is 60.7 Å². The molecule has 192 valence electrons. The third-order valence-corrected chi connectivity index (χ3v) is 6.24. The SMILES string of the molecule is Cc1ccc(C(c2ccc(C)c(N3C(=O)C=CC3=O)c2)(C(F)(F)F)C(F)(F)F)cc1N1C(=O)C=CC1=O. The second kappa shape index (κ2) is 8.43. The first-order valence-corrected chi connectivity index (χ1v) is 10.6. The van der Waals surface area contributed by atoms with Crippen molar-refractivity contribution in [3.8, 4) is 0 Å². The predicted molar refractivity (Wildman–Crippen MR) is 119 cm³/mol. The number of benzene rings is 2. The van der Waals surface area contributed by atoms with Gasteiger partial charge in [0, 0.05) is 24.3 Å². The lowest BCUT2D eigenvalue weighted by Crippen LogP contribution is -2.55. The van der Waals surface area contributed by atoms with Gasteiger partial charge in [0.25, 0.3) is 23.6 Å². The minimum Gasteiger partial charge on any atom is -0.269 e. The van der Waals surface area contributed by atoms with Crippen molar-refractivity contribution in [1.29, 1.82) is 0 Å². The van der Waals surface area contributed by atoms with Crippen LogP contribution in [0.4, 0.5) is 37.7 Å². The zero-order valence-corrected chi connectivity index (χ0v) is 19.1. The van der Waals surface area contributed by atoms with Gasteiger partial charge in [-0.3, -0.25) is 19.2 Å². The quantitative estimate of drug-likeness (QED) is 0.436. The van der Waals surface area contributed by atoms with E-state index < -0.39 is 63.9 Å². The van der Waals surface area contributed by atoms with Crippen LogP contribution >= 0.6 is 0 Å². The maximum Gasteiger partial charge on any atom is 0.411 e. The number of anilines is 2. The molecule has 0 aromatic heterocycles. The molecule has 0 fully saturated rings. The molecule has 2 aliphatic rings. The lowest BCUT2D eigenvalue weighted by Gasteiger charge is -2.39. The van der Waals surface area contributed by atoms with Gasteiger partial charge in [0.05, 0.1) is 11.4 Å². The lowest BCUT2D eigenvalue weighted by molar-refractivity contribution is -0.288. The summed E-state index contributed by atoms with van der Waals surface area (Å²) in [6.45, 7) is 2.64. The normalized spacial score (nSPS) is 16.5. The third-order valence-electron chi connectivity index (χ3n) is 6.24. The Bertz CT molecular complexity index is 1280. The summed E-state index contributed by atoms with van der Waals surface area (Å²) in [4.78, 5) is 49.6. The average Bonchev–Trinajstić information content (AvgIpc) is 3.29. The first-order valence-electron chi connectivity index (χ1n) is 10.6. The molecule has 0 unspecified atom stereocenters. The Hall–Kier alpha value is -4.22. The summed E-state index contributed by atoms with van der Waals surface area (Å²) >= 11 is 0. The molecule has 2 aromatic rings. The molecule has 0 radical (unpaired) electrons. The van der Waals surface area contributed by atoms with Crippen LogP contribution in [0.3, 0.4) is 0 Å². The van der Waals surface area contributed by atoms with Gasteiger partial charge in [-0.25, -0.2) is 9.80 Å². The number of rotatable bonds is 4. The van der Waals surface area contributed by atoms with E-state index in [0.29, 0.717) is 34.1 Å².